The van der Waals surface area contributed by atoms with Crippen LogP contribution in [0.4, 0.5) is 10.1 Å². The molecule has 26 heavy (non-hydrogen) atoms. The molecule has 1 aliphatic rings. The summed E-state index contributed by atoms with van der Waals surface area (Å²) in [5.41, 5.74) is 3.18. The number of aromatic nitrogens is 2. The molecule has 3 N–H and O–H groups in total. The lowest BCUT2D eigenvalue weighted by molar-refractivity contribution is -0.116. The molecule has 0 aliphatic carbocycles. The van der Waals surface area contributed by atoms with Crippen LogP contribution >= 0.6 is 11.8 Å². The van der Waals surface area contributed by atoms with E-state index in [1.54, 1.807) is 12.1 Å². The largest absolute Gasteiger partial charge is 0.338 e. The van der Waals surface area contributed by atoms with Gasteiger partial charge in [-0.25, -0.2) is 9.37 Å². The van der Waals surface area contributed by atoms with Crippen LogP contribution in [0.15, 0.2) is 42.5 Å². The molecule has 0 spiro atoms. The van der Waals surface area contributed by atoms with E-state index in [4.69, 9.17) is 0 Å². The van der Waals surface area contributed by atoms with E-state index in [-0.39, 0.29) is 17.8 Å². The number of hydrogen-bond donors (Lipinski definition) is 3. The maximum atomic E-state index is 13.1. The molecule has 1 amide bonds. The van der Waals surface area contributed by atoms with Gasteiger partial charge in [0.2, 0.25) is 5.91 Å². The molecule has 1 aliphatic heterocycles. The summed E-state index contributed by atoms with van der Waals surface area (Å²) < 4.78 is 13.1. The van der Waals surface area contributed by atoms with Crippen LogP contribution in [0.1, 0.15) is 6.42 Å². The third kappa shape index (κ3) is 3.89. The predicted octanol–water partition coefficient (Wildman–Crippen LogP) is 3.40. The molecule has 2 heterocycles. The van der Waals surface area contributed by atoms with Crippen LogP contribution in [-0.4, -0.2) is 40.0 Å². The number of nitrogens with zero attached hydrogens (tertiary/aromatic N) is 1. The molecule has 1 saturated heterocycles. The minimum absolute atomic E-state index is 0.00243. The Morgan fingerprint density at radius 2 is 2.12 bits per heavy atom. The molecule has 1 unspecified atom stereocenters. The molecule has 2 aromatic carbocycles. The van der Waals surface area contributed by atoms with Crippen molar-refractivity contribution in [1.29, 1.82) is 0 Å². The summed E-state index contributed by atoms with van der Waals surface area (Å²) in [5.74, 6) is 2.47. The number of anilines is 1. The van der Waals surface area contributed by atoms with Crippen molar-refractivity contribution >= 4 is 34.4 Å². The fraction of sp³-hybridized carbons (Fsp3) is 0.263. The minimum atomic E-state index is -0.277. The standard InChI is InChI=1S/C19H19FN4OS/c20-13-3-1-12(2-4-13)19-23-16-6-5-14(9-17(16)24-19)22-18(25)10-15-11-26-8-7-21-15/h1-6,9,15,21H,7-8,10-11H2,(H,22,25)(H,23,24). The molecule has 1 fully saturated rings. The summed E-state index contributed by atoms with van der Waals surface area (Å²) in [6, 6.07) is 12.0. The van der Waals surface area contributed by atoms with Gasteiger partial charge in [-0.2, -0.15) is 11.8 Å². The highest BCUT2D eigenvalue weighted by molar-refractivity contribution is 7.99. The zero-order chi connectivity index (χ0) is 17.9. The number of halogens is 1. The van der Waals surface area contributed by atoms with Gasteiger partial charge in [-0.1, -0.05) is 0 Å². The highest BCUT2D eigenvalue weighted by atomic mass is 32.2. The molecule has 0 saturated carbocycles. The molecule has 0 radical (unpaired) electrons. The van der Waals surface area contributed by atoms with Crippen molar-refractivity contribution in [3.05, 3.63) is 48.3 Å². The SMILES string of the molecule is O=C(CC1CSCCN1)Nc1ccc2nc(-c3ccc(F)cc3)[nH]c2c1. The lowest BCUT2D eigenvalue weighted by atomic mass is 10.2. The maximum Gasteiger partial charge on any atom is 0.225 e. The van der Waals surface area contributed by atoms with Gasteiger partial charge in [0.15, 0.2) is 0 Å². The number of nitrogens with one attached hydrogen (secondary N) is 3. The van der Waals surface area contributed by atoms with Crippen molar-refractivity contribution in [2.24, 2.45) is 0 Å². The average molecular weight is 370 g/mol. The van der Waals surface area contributed by atoms with Gasteiger partial charge in [-0.15, -0.1) is 0 Å². The van der Waals surface area contributed by atoms with Crippen molar-refractivity contribution in [3.63, 3.8) is 0 Å². The first-order valence-electron chi connectivity index (χ1n) is 8.54. The Kier molecular flexibility index (Phi) is 4.90. The van der Waals surface area contributed by atoms with Gasteiger partial charge in [0.05, 0.1) is 11.0 Å². The number of carbonyl (C=O) groups is 1. The Bertz CT molecular complexity index is 919. The zero-order valence-electron chi connectivity index (χ0n) is 14.1. The van der Waals surface area contributed by atoms with Gasteiger partial charge in [0, 0.05) is 41.8 Å². The number of aromatic amines is 1. The Labute approximate surface area is 154 Å². The Balaban J connectivity index is 1.48. The first-order chi connectivity index (χ1) is 12.7. The van der Waals surface area contributed by atoms with Crippen LogP contribution in [0.5, 0.6) is 0 Å². The number of benzene rings is 2. The zero-order valence-corrected chi connectivity index (χ0v) is 14.9. The quantitative estimate of drug-likeness (QED) is 0.658. The lowest BCUT2D eigenvalue weighted by Crippen LogP contribution is -2.39. The Morgan fingerprint density at radius 1 is 1.27 bits per heavy atom. The number of fused-ring (bicyclic) bond motifs is 1. The maximum absolute atomic E-state index is 13.1. The molecule has 3 aromatic rings. The topological polar surface area (TPSA) is 69.8 Å². The van der Waals surface area contributed by atoms with E-state index in [2.05, 4.69) is 20.6 Å². The van der Waals surface area contributed by atoms with E-state index in [0.29, 0.717) is 12.2 Å². The molecular formula is C19H19FN4OS. The number of H-pyrrole nitrogens is 1. The molecule has 7 heteroatoms. The summed E-state index contributed by atoms with van der Waals surface area (Å²) in [6.45, 7) is 0.953. The molecule has 1 aromatic heterocycles. The summed E-state index contributed by atoms with van der Waals surface area (Å²) in [7, 11) is 0. The third-order valence-electron chi connectivity index (χ3n) is 4.31. The first kappa shape index (κ1) is 17.1. The van der Waals surface area contributed by atoms with Crippen LogP contribution in [0.3, 0.4) is 0 Å². The predicted molar refractivity (Wildman–Crippen MR) is 104 cm³/mol. The third-order valence-corrected chi connectivity index (χ3v) is 5.44. The van der Waals surface area contributed by atoms with Crippen molar-refractivity contribution < 1.29 is 9.18 Å². The van der Waals surface area contributed by atoms with Crippen LogP contribution in [0.25, 0.3) is 22.4 Å². The summed E-state index contributed by atoms with van der Waals surface area (Å²) in [5, 5.41) is 6.32. The number of imidazole rings is 1. The monoisotopic (exact) mass is 370 g/mol. The van der Waals surface area contributed by atoms with Gasteiger partial charge >= 0.3 is 0 Å². The molecule has 5 nitrogen and oxygen atoms in total. The van der Waals surface area contributed by atoms with Gasteiger partial charge < -0.3 is 15.6 Å². The van der Waals surface area contributed by atoms with E-state index >= 15 is 0 Å². The summed E-state index contributed by atoms with van der Waals surface area (Å²) in [6.07, 6.45) is 0.467. The van der Waals surface area contributed by atoms with Crippen molar-refractivity contribution in [2.45, 2.75) is 12.5 Å². The number of rotatable bonds is 4. The number of amides is 1. The van der Waals surface area contributed by atoms with Gasteiger partial charge in [0.25, 0.3) is 0 Å². The summed E-state index contributed by atoms with van der Waals surface area (Å²) in [4.78, 5) is 20.0. The van der Waals surface area contributed by atoms with Crippen molar-refractivity contribution in [2.75, 3.05) is 23.4 Å². The van der Waals surface area contributed by atoms with E-state index in [1.165, 1.54) is 12.1 Å². The number of carbonyl (C=O) groups excluding carboxylic acids is 1. The molecule has 1 atom stereocenters. The average Bonchev–Trinajstić information content (AvgIpc) is 3.06. The normalized spacial score (nSPS) is 17.3. The van der Waals surface area contributed by atoms with Gasteiger partial charge in [0.1, 0.15) is 11.6 Å². The van der Waals surface area contributed by atoms with E-state index in [1.807, 2.05) is 30.0 Å². The number of hydrogen-bond acceptors (Lipinski definition) is 4. The molecule has 0 bridgehead atoms. The smallest absolute Gasteiger partial charge is 0.225 e. The van der Waals surface area contributed by atoms with Crippen LogP contribution in [0, 0.1) is 5.82 Å². The molecular weight excluding hydrogens is 351 g/mol. The molecule has 4 rings (SSSR count). The summed E-state index contributed by atoms with van der Waals surface area (Å²) >= 11 is 1.88. The fourth-order valence-corrected chi connectivity index (χ4v) is 3.97. The van der Waals surface area contributed by atoms with Crippen molar-refractivity contribution in [1.82, 2.24) is 15.3 Å². The second-order valence-corrected chi connectivity index (χ2v) is 7.45. The highest BCUT2D eigenvalue weighted by Crippen LogP contribution is 2.23. The van der Waals surface area contributed by atoms with Gasteiger partial charge in [-0.05, 0) is 42.5 Å². The first-order valence-corrected chi connectivity index (χ1v) is 9.69. The Morgan fingerprint density at radius 3 is 2.88 bits per heavy atom. The highest BCUT2D eigenvalue weighted by Gasteiger charge is 2.17. The molecule has 134 valence electrons. The Hall–Kier alpha value is -2.38. The van der Waals surface area contributed by atoms with Crippen LogP contribution in [-0.2, 0) is 4.79 Å². The lowest BCUT2D eigenvalue weighted by Gasteiger charge is -2.22. The van der Waals surface area contributed by atoms with E-state index in [9.17, 15) is 9.18 Å². The van der Waals surface area contributed by atoms with E-state index in [0.717, 1.165) is 40.3 Å². The van der Waals surface area contributed by atoms with Crippen LogP contribution in [0.2, 0.25) is 0 Å². The second-order valence-electron chi connectivity index (χ2n) is 6.30. The van der Waals surface area contributed by atoms with Crippen molar-refractivity contribution in [3.8, 4) is 11.4 Å². The second kappa shape index (κ2) is 7.47. The van der Waals surface area contributed by atoms with E-state index < -0.39 is 0 Å². The number of thioether (sulfide) groups is 1. The van der Waals surface area contributed by atoms with Crippen LogP contribution < -0.4 is 10.6 Å². The van der Waals surface area contributed by atoms with Gasteiger partial charge in [-0.3, -0.25) is 4.79 Å². The fourth-order valence-electron chi connectivity index (χ4n) is 3.02. The minimum Gasteiger partial charge on any atom is -0.338 e.